The van der Waals surface area contributed by atoms with Crippen LogP contribution in [0.3, 0.4) is 0 Å². The van der Waals surface area contributed by atoms with Crippen LogP contribution in [0.25, 0.3) is 0 Å². The fraction of sp³-hybridized carbons (Fsp3) is 0.615. The zero-order chi connectivity index (χ0) is 13.0. The van der Waals surface area contributed by atoms with E-state index in [9.17, 15) is 0 Å². The molecule has 0 aromatic carbocycles. The summed E-state index contributed by atoms with van der Waals surface area (Å²) in [6, 6.07) is 1.87. The Kier molecular flexibility index (Phi) is 5.27. The normalized spacial score (nSPS) is 17.9. The molecular formula is C13H19BrClN3. The number of anilines is 1. The number of hydrogen-bond donors (Lipinski definition) is 1. The largest absolute Gasteiger partial charge is 0.369 e. The third kappa shape index (κ3) is 3.84. The van der Waals surface area contributed by atoms with Crippen molar-refractivity contribution in [2.24, 2.45) is 5.92 Å². The molecule has 2 heterocycles. The topological polar surface area (TPSA) is 28.2 Å². The lowest BCUT2D eigenvalue weighted by molar-refractivity contribution is 0.198. The Bertz CT molecular complexity index is 392. The van der Waals surface area contributed by atoms with Gasteiger partial charge in [-0.1, -0.05) is 18.5 Å². The van der Waals surface area contributed by atoms with Crippen molar-refractivity contribution in [3.8, 4) is 0 Å². The van der Waals surface area contributed by atoms with Gasteiger partial charge in [0.05, 0.1) is 5.02 Å². The lowest BCUT2D eigenvalue weighted by Gasteiger charge is -2.31. The Labute approximate surface area is 122 Å². The van der Waals surface area contributed by atoms with Crippen LogP contribution in [-0.4, -0.2) is 36.1 Å². The van der Waals surface area contributed by atoms with Gasteiger partial charge in [0.1, 0.15) is 5.82 Å². The van der Waals surface area contributed by atoms with Gasteiger partial charge in [0.25, 0.3) is 0 Å². The molecule has 0 bridgehead atoms. The fourth-order valence-corrected chi connectivity index (χ4v) is 2.99. The highest BCUT2D eigenvalue weighted by Crippen LogP contribution is 2.24. The van der Waals surface area contributed by atoms with Crippen molar-refractivity contribution < 1.29 is 0 Å². The molecule has 3 nitrogen and oxygen atoms in total. The lowest BCUT2D eigenvalue weighted by Crippen LogP contribution is -2.35. The summed E-state index contributed by atoms with van der Waals surface area (Å²) in [5, 5.41) is 4.04. The van der Waals surface area contributed by atoms with Crippen LogP contribution >= 0.6 is 27.5 Å². The number of pyridine rings is 1. The molecule has 0 unspecified atom stereocenters. The standard InChI is InChI=1S/C13H19BrClN3/c1-2-18-5-3-10(4-6-18)8-16-13-12(15)7-11(14)9-17-13/h7,9-10H,2-6,8H2,1H3,(H,16,17). The molecule has 1 saturated heterocycles. The Morgan fingerprint density at radius 1 is 1.50 bits per heavy atom. The second kappa shape index (κ2) is 6.73. The average molecular weight is 333 g/mol. The number of aromatic nitrogens is 1. The van der Waals surface area contributed by atoms with Crippen LogP contribution in [0.15, 0.2) is 16.7 Å². The summed E-state index contributed by atoms with van der Waals surface area (Å²) in [7, 11) is 0. The van der Waals surface area contributed by atoms with Gasteiger partial charge in [0, 0.05) is 17.2 Å². The second-order valence-electron chi connectivity index (χ2n) is 4.74. The summed E-state index contributed by atoms with van der Waals surface area (Å²) in [5.74, 6) is 1.52. The third-order valence-corrected chi connectivity index (χ3v) is 4.24. The molecule has 1 aromatic heterocycles. The molecule has 1 aliphatic rings. The first-order chi connectivity index (χ1) is 8.69. The first-order valence-electron chi connectivity index (χ1n) is 6.46. The summed E-state index contributed by atoms with van der Waals surface area (Å²) >= 11 is 9.49. The fourth-order valence-electron chi connectivity index (χ4n) is 2.29. The van der Waals surface area contributed by atoms with Crippen molar-refractivity contribution in [3.63, 3.8) is 0 Å². The van der Waals surface area contributed by atoms with Gasteiger partial charge < -0.3 is 10.2 Å². The van der Waals surface area contributed by atoms with Gasteiger partial charge in [-0.15, -0.1) is 0 Å². The summed E-state index contributed by atoms with van der Waals surface area (Å²) in [6.07, 6.45) is 4.29. The van der Waals surface area contributed by atoms with Gasteiger partial charge in [0.2, 0.25) is 0 Å². The average Bonchev–Trinajstić information content (AvgIpc) is 2.38. The predicted molar refractivity (Wildman–Crippen MR) is 80.3 cm³/mol. The minimum Gasteiger partial charge on any atom is -0.369 e. The maximum Gasteiger partial charge on any atom is 0.144 e. The van der Waals surface area contributed by atoms with Gasteiger partial charge in [-0.05, 0) is 60.4 Å². The smallest absolute Gasteiger partial charge is 0.144 e. The first-order valence-corrected chi connectivity index (χ1v) is 7.63. The van der Waals surface area contributed by atoms with E-state index < -0.39 is 0 Å². The molecule has 0 amide bonds. The molecule has 0 saturated carbocycles. The summed E-state index contributed by atoms with van der Waals surface area (Å²) < 4.78 is 0.911. The number of likely N-dealkylation sites (tertiary alicyclic amines) is 1. The number of halogens is 2. The van der Waals surface area contributed by atoms with E-state index in [4.69, 9.17) is 11.6 Å². The number of nitrogens with zero attached hydrogens (tertiary/aromatic N) is 2. The first kappa shape index (κ1) is 14.1. The van der Waals surface area contributed by atoms with Gasteiger partial charge in [-0.2, -0.15) is 0 Å². The van der Waals surface area contributed by atoms with Crippen LogP contribution in [0, 0.1) is 5.92 Å². The quantitative estimate of drug-likeness (QED) is 0.912. The second-order valence-corrected chi connectivity index (χ2v) is 6.07. The molecular weight excluding hydrogens is 314 g/mol. The minimum absolute atomic E-state index is 0.676. The van der Waals surface area contributed by atoms with Crippen LogP contribution in [0.1, 0.15) is 19.8 Å². The molecule has 1 aromatic rings. The van der Waals surface area contributed by atoms with Crippen molar-refractivity contribution in [1.82, 2.24) is 9.88 Å². The van der Waals surface area contributed by atoms with E-state index >= 15 is 0 Å². The van der Waals surface area contributed by atoms with Crippen LogP contribution in [-0.2, 0) is 0 Å². The summed E-state index contributed by atoms with van der Waals surface area (Å²) in [5.41, 5.74) is 0. The minimum atomic E-state index is 0.676. The van der Waals surface area contributed by atoms with Gasteiger partial charge in [0.15, 0.2) is 0 Å². The van der Waals surface area contributed by atoms with Crippen molar-refractivity contribution in [2.75, 3.05) is 31.5 Å². The van der Waals surface area contributed by atoms with Gasteiger partial charge in [-0.25, -0.2) is 4.98 Å². The van der Waals surface area contributed by atoms with Crippen LogP contribution in [0.4, 0.5) is 5.82 Å². The Balaban J connectivity index is 1.81. The lowest BCUT2D eigenvalue weighted by atomic mass is 9.97. The molecule has 0 spiro atoms. The van der Waals surface area contributed by atoms with Gasteiger partial charge in [-0.3, -0.25) is 0 Å². The maximum absolute atomic E-state index is 6.13. The van der Waals surface area contributed by atoms with E-state index in [1.807, 2.05) is 6.07 Å². The van der Waals surface area contributed by atoms with E-state index in [0.29, 0.717) is 5.02 Å². The van der Waals surface area contributed by atoms with Crippen molar-refractivity contribution in [3.05, 3.63) is 21.8 Å². The van der Waals surface area contributed by atoms with Crippen molar-refractivity contribution in [2.45, 2.75) is 19.8 Å². The van der Waals surface area contributed by atoms with E-state index in [1.54, 1.807) is 6.20 Å². The zero-order valence-electron chi connectivity index (χ0n) is 10.6. The van der Waals surface area contributed by atoms with Crippen molar-refractivity contribution >= 4 is 33.3 Å². The Morgan fingerprint density at radius 2 is 2.22 bits per heavy atom. The molecule has 1 fully saturated rings. The van der Waals surface area contributed by atoms with Gasteiger partial charge >= 0.3 is 0 Å². The molecule has 0 radical (unpaired) electrons. The third-order valence-electron chi connectivity index (χ3n) is 3.52. The molecule has 0 atom stereocenters. The predicted octanol–water partition coefficient (Wildman–Crippen LogP) is 3.64. The van der Waals surface area contributed by atoms with Crippen LogP contribution in [0.2, 0.25) is 5.02 Å². The van der Waals surface area contributed by atoms with E-state index in [2.05, 4.69) is 38.1 Å². The molecule has 18 heavy (non-hydrogen) atoms. The molecule has 2 rings (SSSR count). The van der Waals surface area contributed by atoms with Crippen LogP contribution < -0.4 is 5.32 Å². The molecule has 0 aliphatic carbocycles. The molecule has 100 valence electrons. The molecule has 5 heteroatoms. The summed E-state index contributed by atoms with van der Waals surface area (Å²) in [6.45, 7) is 6.78. The zero-order valence-corrected chi connectivity index (χ0v) is 13.0. The maximum atomic E-state index is 6.13. The van der Waals surface area contributed by atoms with E-state index in [0.717, 1.165) is 22.8 Å². The van der Waals surface area contributed by atoms with Crippen LogP contribution in [0.5, 0.6) is 0 Å². The SMILES string of the molecule is CCN1CCC(CNc2ncc(Br)cc2Cl)CC1. The number of rotatable bonds is 4. The number of hydrogen-bond acceptors (Lipinski definition) is 3. The van der Waals surface area contributed by atoms with E-state index in [1.165, 1.54) is 32.5 Å². The highest BCUT2D eigenvalue weighted by molar-refractivity contribution is 9.10. The highest BCUT2D eigenvalue weighted by atomic mass is 79.9. The van der Waals surface area contributed by atoms with E-state index in [-0.39, 0.29) is 0 Å². The highest BCUT2D eigenvalue weighted by Gasteiger charge is 2.18. The Morgan fingerprint density at radius 3 is 2.83 bits per heavy atom. The van der Waals surface area contributed by atoms with Crippen molar-refractivity contribution in [1.29, 1.82) is 0 Å². The number of piperidine rings is 1. The molecule has 1 N–H and O–H groups in total. The Hall–Kier alpha value is -0.320. The number of nitrogens with one attached hydrogen (secondary N) is 1. The monoisotopic (exact) mass is 331 g/mol. The summed E-state index contributed by atoms with van der Waals surface area (Å²) in [4.78, 5) is 6.79. The molecule has 1 aliphatic heterocycles.